The van der Waals surface area contributed by atoms with E-state index in [1.54, 1.807) is 36.4 Å². The van der Waals surface area contributed by atoms with Gasteiger partial charge >= 0.3 is 0 Å². The van der Waals surface area contributed by atoms with Crippen LogP contribution in [0.2, 0.25) is 0 Å². The first-order valence-electron chi connectivity index (χ1n) is 12.8. The number of benzene rings is 4. The van der Waals surface area contributed by atoms with Crippen LogP contribution in [0.1, 0.15) is 50.7 Å². The normalized spacial score (nSPS) is 21.3. The number of Topliss-reactive ketones (excluding diaryl/α,β-unsaturated/α-hetero) is 1. The van der Waals surface area contributed by atoms with Crippen molar-refractivity contribution in [1.82, 2.24) is 0 Å². The van der Waals surface area contributed by atoms with Gasteiger partial charge in [-0.05, 0) is 35.4 Å². The average molecular weight is 559 g/mol. The van der Waals surface area contributed by atoms with E-state index in [0.29, 0.717) is 16.9 Å². The van der Waals surface area contributed by atoms with Crippen molar-refractivity contribution in [3.63, 3.8) is 0 Å². The minimum absolute atomic E-state index is 0.0491. The number of ketones is 1. The molecule has 0 fully saturated rings. The van der Waals surface area contributed by atoms with Gasteiger partial charge in [0.25, 0.3) is 0 Å². The van der Waals surface area contributed by atoms with E-state index in [1.807, 2.05) is 0 Å². The molecule has 0 saturated carbocycles. The fourth-order valence-corrected chi connectivity index (χ4v) is 5.55. The summed E-state index contributed by atoms with van der Waals surface area (Å²) in [6, 6.07) is 16.3. The molecular weight excluding hydrogens is 532 g/mol. The van der Waals surface area contributed by atoms with Crippen LogP contribution in [0.5, 0.6) is 46.0 Å². The SMILES string of the molecule is COc1ccc([C@H]2Oc3cc(O)cc(O)c3C(=O)[C@@H]2c2c(O)cc3c(c2O)C[C@H](O)[C@H](c2ccc(O)cc2)O3)cc1. The number of aromatic hydroxyl groups is 5. The van der Waals surface area contributed by atoms with Gasteiger partial charge in [0.2, 0.25) is 0 Å². The van der Waals surface area contributed by atoms with Crippen molar-refractivity contribution in [3.8, 4) is 46.0 Å². The summed E-state index contributed by atoms with van der Waals surface area (Å²) in [5.41, 5.74) is 0.888. The molecule has 0 aliphatic carbocycles. The second-order valence-electron chi connectivity index (χ2n) is 10.0. The number of hydrogen-bond acceptors (Lipinski definition) is 10. The maximum atomic E-state index is 14.0. The van der Waals surface area contributed by atoms with Crippen LogP contribution < -0.4 is 14.2 Å². The van der Waals surface area contributed by atoms with Crippen molar-refractivity contribution in [2.45, 2.75) is 30.7 Å². The van der Waals surface area contributed by atoms with Crippen LogP contribution in [0.15, 0.2) is 66.7 Å². The number of aliphatic hydroxyl groups excluding tert-OH is 1. The Balaban J connectivity index is 1.47. The van der Waals surface area contributed by atoms with Crippen LogP contribution in [-0.4, -0.2) is 49.6 Å². The summed E-state index contributed by atoms with van der Waals surface area (Å²) in [5, 5.41) is 63.8. The molecule has 10 nitrogen and oxygen atoms in total. The number of phenolic OH excluding ortho intramolecular Hbond substituents is 5. The molecule has 2 aliphatic rings. The number of rotatable bonds is 4. The summed E-state index contributed by atoms with van der Waals surface area (Å²) in [4.78, 5) is 14.0. The molecule has 0 unspecified atom stereocenters. The Labute approximate surface area is 233 Å². The van der Waals surface area contributed by atoms with E-state index in [1.165, 1.54) is 31.4 Å². The number of ether oxygens (including phenoxy) is 3. The third-order valence-corrected chi connectivity index (χ3v) is 7.53. The van der Waals surface area contributed by atoms with Crippen molar-refractivity contribution in [1.29, 1.82) is 0 Å². The van der Waals surface area contributed by atoms with Crippen LogP contribution in [-0.2, 0) is 6.42 Å². The lowest BCUT2D eigenvalue weighted by Gasteiger charge is -2.36. The van der Waals surface area contributed by atoms with E-state index in [4.69, 9.17) is 14.2 Å². The molecular formula is C31H26O10. The van der Waals surface area contributed by atoms with Crippen LogP contribution in [0, 0.1) is 0 Å². The van der Waals surface area contributed by atoms with E-state index in [-0.39, 0.29) is 46.1 Å². The van der Waals surface area contributed by atoms with Crippen molar-refractivity contribution >= 4 is 5.78 Å². The van der Waals surface area contributed by atoms with Gasteiger partial charge in [-0.25, -0.2) is 0 Å². The Bertz CT molecular complexity index is 1650. The van der Waals surface area contributed by atoms with Gasteiger partial charge in [0, 0.05) is 30.2 Å². The molecule has 41 heavy (non-hydrogen) atoms. The van der Waals surface area contributed by atoms with Crippen LogP contribution in [0.4, 0.5) is 0 Å². The zero-order chi connectivity index (χ0) is 29.0. The molecule has 2 heterocycles. The summed E-state index contributed by atoms with van der Waals surface area (Å²) in [5.74, 6) is -3.06. The molecule has 2 aliphatic heterocycles. The number of carbonyl (C=O) groups is 1. The molecule has 4 aromatic carbocycles. The highest BCUT2D eigenvalue weighted by Crippen LogP contribution is 2.54. The van der Waals surface area contributed by atoms with E-state index < -0.39 is 47.3 Å². The largest absolute Gasteiger partial charge is 0.508 e. The van der Waals surface area contributed by atoms with Gasteiger partial charge in [0.15, 0.2) is 5.78 Å². The Morgan fingerprint density at radius 3 is 2.07 bits per heavy atom. The summed E-state index contributed by atoms with van der Waals surface area (Å²) in [7, 11) is 1.51. The fourth-order valence-electron chi connectivity index (χ4n) is 5.55. The summed E-state index contributed by atoms with van der Waals surface area (Å²) < 4.78 is 17.4. The molecule has 0 amide bonds. The quantitative estimate of drug-likeness (QED) is 0.212. The second-order valence-corrected chi connectivity index (χ2v) is 10.0. The molecule has 6 N–H and O–H groups in total. The lowest BCUT2D eigenvalue weighted by Crippen LogP contribution is -2.32. The Hall–Kier alpha value is -5.09. The Morgan fingerprint density at radius 1 is 0.756 bits per heavy atom. The van der Waals surface area contributed by atoms with Crippen molar-refractivity contribution in [3.05, 3.63) is 94.5 Å². The lowest BCUT2D eigenvalue weighted by molar-refractivity contribution is 0.0196. The first-order valence-corrected chi connectivity index (χ1v) is 12.8. The first kappa shape index (κ1) is 26.1. The third kappa shape index (κ3) is 4.38. The number of phenols is 5. The molecule has 0 aromatic heterocycles. The highest BCUT2D eigenvalue weighted by molar-refractivity contribution is 6.07. The molecule has 0 saturated heterocycles. The maximum absolute atomic E-state index is 14.0. The molecule has 210 valence electrons. The predicted octanol–water partition coefficient (Wildman–Crippen LogP) is 4.36. The van der Waals surface area contributed by atoms with Gasteiger partial charge in [-0.1, -0.05) is 24.3 Å². The third-order valence-electron chi connectivity index (χ3n) is 7.53. The first-order chi connectivity index (χ1) is 19.7. The standard InChI is InChI=1S/C31H26O10/c1-39-18-8-4-15(5-9-18)31-27(29(38)25-20(34)10-17(33)11-24(25)41-31)26-21(35)13-23-19(28(26)37)12-22(36)30(40-23)14-2-6-16(32)7-3-14/h2-11,13,22,27,30-37H,12H2,1H3/t22-,27-,30-,31+/m0/s1. The number of aliphatic hydroxyl groups is 1. The molecule has 0 radical (unpaired) electrons. The number of hydrogen-bond donors (Lipinski definition) is 6. The smallest absolute Gasteiger partial charge is 0.182 e. The summed E-state index contributed by atoms with van der Waals surface area (Å²) in [6.07, 6.45) is -3.09. The predicted molar refractivity (Wildman–Crippen MR) is 144 cm³/mol. The number of fused-ring (bicyclic) bond motifs is 2. The summed E-state index contributed by atoms with van der Waals surface area (Å²) >= 11 is 0. The van der Waals surface area contributed by atoms with E-state index >= 15 is 0 Å². The topological polar surface area (TPSA) is 166 Å². The van der Waals surface area contributed by atoms with Crippen molar-refractivity contribution in [2.24, 2.45) is 0 Å². The second kappa shape index (κ2) is 9.83. The lowest BCUT2D eigenvalue weighted by atomic mass is 9.78. The van der Waals surface area contributed by atoms with E-state index in [9.17, 15) is 35.4 Å². The zero-order valence-electron chi connectivity index (χ0n) is 21.7. The zero-order valence-corrected chi connectivity index (χ0v) is 21.7. The van der Waals surface area contributed by atoms with E-state index in [0.717, 1.165) is 6.07 Å². The average Bonchev–Trinajstić information content (AvgIpc) is 2.94. The minimum atomic E-state index is -1.33. The van der Waals surface area contributed by atoms with Gasteiger partial charge in [0.1, 0.15) is 63.8 Å². The Morgan fingerprint density at radius 2 is 1.39 bits per heavy atom. The molecule has 0 bridgehead atoms. The fraction of sp³-hybridized carbons (Fsp3) is 0.194. The molecule has 4 aromatic rings. The highest BCUT2D eigenvalue weighted by atomic mass is 16.5. The molecule has 10 heteroatoms. The molecule has 4 atom stereocenters. The van der Waals surface area contributed by atoms with Crippen molar-refractivity contribution < 1.29 is 49.6 Å². The van der Waals surface area contributed by atoms with Gasteiger partial charge in [-0.15, -0.1) is 0 Å². The van der Waals surface area contributed by atoms with Crippen molar-refractivity contribution in [2.75, 3.05) is 7.11 Å². The van der Waals surface area contributed by atoms with Crippen LogP contribution in [0.3, 0.4) is 0 Å². The van der Waals surface area contributed by atoms with Gasteiger partial charge in [0.05, 0.1) is 24.7 Å². The minimum Gasteiger partial charge on any atom is -0.508 e. The monoisotopic (exact) mass is 558 g/mol. The Kier molecular flexibility index (Phi) is 6.27. The van der Waals surface area contributed by atoms with Crippen LogP contribution >= 0.6 is 0 Å². The van der Waals surface area contributed by atoms with Gasteiger partial charge in [-0.3, -0.25) is 4.79 Å². The maximum Gasteiger partial charge on any atom is 0.182 e. The molecule has 6 rings (SSSR count). The summed E-state index contributed by atoms with van der Waals surface area (Å²) in [6.45, 7) is 0. The van der Waals surface area contributed by atoms with Gasteiger partial charge < -0.3 is 44.8 Å². The number of carbonyl (C=O) groups excluding carboxylic acids is 1. The van der Waals surface area contributed by atoms with Gasteiger partial charge in [-0.2, -0.15) is 0 Å². The number of methoxy groups -OCH3 is 1. The van der Waals surface area contributed by atoms with E-state index in [2.05, 4.69) is 0 Å². The molecule has 0 spiro atoms. The highest BCUT2D eigenvalue weighted by Gasteiger charge is 2.45. The van der Waals surface area contributed by atoms with Crippen LogP contribution in [0.25, 0.3) is 0 Å².